The van der Waals surface area contributed by atoms with Crippen LogP contribution in [-0.2, 0) is 0 Å². The molecule has 0 aliphatic rings. The fraction of sp³-hybridized carbons (Fsp3) is 0. The molecule has 152 valence electrons. The van der Waals surface area contributed by atoms with Crippen LogP contribution in [0.4, 0.5) is 0 Å². The lowest BCUT2D eigenvalue weighted by molar-refractivity contribution is 0.884. The van der Waals surface area contributed by atoms with Gasteiger partial charge in [-0.05, 0) is 52.7 Å². The molecule has 0 saturated heterocycles. The number of benzene rings is 4. The molecule has 3 nitrogen and oxygen atoms in total. The van der Waals surface area contributed by atoms with Gasteiger partial charge in [-0.2, -0.15) is 10.4 Å². The maximum absolute atomic E-state index is 9.86. The van der Waals surface area contributed by atoms with Gasteiger partial charge in [-0.25, -0.2) is 4.68 Å². The predicted molar refractivity (Wildman–Crippen MR) is 131 cm³/mol. The first-order valence-corrected chi connectivity index (χ1v) is 10.6. The third-order valence-corrected chi connectivity index (χ3v) is 5.61. The van der Waals surface area contributed by atoms with E-state index in [1.165, 1.54) is 5.39 Å². The standard InChI is InChI=1S/C28H18ClN3/c29-26-14-12-21(13-15-26)24(18-30)17-25-19-32(27-8-2-1-3-9-27)31-28(25)23-11-10-20-6-4-5-7-22(20)16-23/h1-17,19H/b24-17+. The highest BCUT2D eigenvalue weighted by Crippen LogP contribution is 2.30. The van der Waals surface area contributed by atoms with Crippen molar-refractivity contribution in [3.63, 3.8) is 0 Å². The second-order valence-electron chi connectivity index (χ2n) is 7.45. The van der Waals surface area contributed by atoms with E-state index in [-0.39, 0.29) is 0 Å². The molecule has 0 fully saturated rings. The summed E-state index contributed by atoms with van der Waals surface area (Å²) in [4.78, 5) is 0. The van der Waals surface area contributed by atoms with Crippen molar-refractivity contribution in [3.8, 4) is 23.0 Å². The first kappa shape index (κ1) is 19.8. The lowest BCUT2D eigenvalue weighted by Gasteiger charge is -2.04. The highest BCUT2D eigenvalue weighted by atomic mass is 35.5. The van der Waals surface area contributed by atoms with Crippen LogP contribution in [0.15, 0.2) is 103 Å². The van der Waals surface area contributed by atoms with Gasteiger partial charge in [0.25, 0.3) is 0 Å². The number of aromatic nitrogens is 2. The van der Waals surface area contributed by atoms with Crippen molar-refractivity contribution in [1.29, 1.82) is 5.26 Å². The summed E-state index contributed by atoms with van der Waals surface area (Å²) >= 11 is 6.03. The van der Waals surface area contributed by atoms with Gasteiger partial charge in [0.05, 0.1) is 17.3 Å². The smallest absolute Gasteiger partial charge is 0.100 e. The second kappa shape index (κ2) is 8.55. The molecule has 32 heavy (non-hydrogen) atoms. The molecule has 4 aromatic carbocycles. The number of hydrogen-bond donors (Lipinski definition) is 0. The van der Waals surface area contributed by atoms with Gasteiger partial charge in [0, 0.05) is 22.3 Å². The van der Waals surface area contributed by atoms with Crippen LogP contribution in [0.25, 0.3) is 39.4 Å². The number of halogens is 1. The molecule has 0 amide bonds. The number of nitriles is 1. The van der Waals surface area contributed by atoms with Crippen LogP contribution in [0.3, 0.4) is 0 Å². The summed E-state index contributed by atoms with van der Waals surface area (Å²) < 4.78 is 1.85. The molecule has 5 aromatic rings. The van der Waals surface area contributed by atoms with Gasteiger partial charge < -0.3 is 0 Å². The molecule has 0 N–H and O–H groups in total. The van der Waals surface area contributed by atoms with Crippen LogP contribution in [0, 0.1) is 11.3 Å². The summed E-state index contributed by atoms with van der Waals surface area (Å²) in [6.45, 7) is 0. The van der Waals surface area contributed by atoms with Crippen LogP contribution in [-0.4, -0.2) is 9.78 Å². The molecule has 0 aliphatic heterocycles. The Kier molecular flexibility index (Phi) is 5.29. The van der Waals surface area contributed by atoms with Crippen molar-refractivity contribution in [2.75, 3.05) is 0 Å². The van der Waals surface area contributed by atoms with Gasteiger partial charge in [0.15, 0.2) is 0 Å². The normalized spacial score (nSPS) is 11.4. The molecule has 4 heteroatoms. The van der Waals surface area contributed by atoms with Gasteiger partial charge in [-0.3, -0.25) is 0 Å². The molecular formula is C28H18ClN3. The number of allylic oxidation sites excluding steroid dienone is 1. The molecular weight excluding hydrogens is 414 g/mol. The average Bonchev–Trinajstić information content (AvgIpc) is 3.27. The molecule has 5 rings (SSSR count). The third-order valence-electron chi connectivity index (χ3n) is 5.36. The summed E-state index contributed by atoms with van der Waals surface area (Å²) in [5.41, 5.74) is 5.01. The summed E-state index contributed by atoms with van der Waals surface area (Å²) in [6.07, 6.45) is 3.85. The van der Waals surface area contributed by atoms with E-state index in [0.29, 0.717) is 10.6 Å². The molecule has 0 radical (unpaired) electrons. The fourth-order valence-electron chi connectivity index (χ4n) is 3.73. The Balaban J connectivity index is 1.68. The van der Waals surface area contributed by atoms with E-state index in [4.69, 9.17) is 16.7 Å². The third kappa shape index (κ3) is 3.92. The zero-order valence-electron chi connectivity index (χ0n) is 17.1. The van der Waals surface area contributed by atoms with Crippen molar-refractivity contribution < 1.29 is 0 Å². The Labute approximate surface area is 191 Å². The SMILES string of the molecule is N#C/C(=C\c1cn(-c2ccccc2)nc1-c1ccc2ccccc2c1)c1ccc(Cl)cc1. The van der Waals surface area contributed by atoms with Crippen LogP contribution in [0.1, 0.15) is 11.1 Å². The maximum Gasteiger partial charge on any atom is 0.100 e. The Morgan fingerprint density at radius 2 is 1.56 bits per heavy atom. The fourth-order valence-corrected chi connectivity index (χ4v) is 3.86. The Hall–Kier alpha value is -4.13. The minimum Gasteiger partial charge on any atom is -0.240 e. The van der Waals surface area contributed by atoms with Crippen molar-refractivity contribution in [2.45, 2.75) is 0 Å². The number of hydrogen-bond acceptors (Lipinski definition) is 2. The number of rotatable bonds is 4. The molecule has 0 saturated carbocycles. The first-order valence-electron chi connectivity index (χ1n) is 10.2. The van der Waals surface area contributed by atoms with E-state index >= 15 is 0 Å². The summed E-state index contributed by atoms with van der Waals surface area (Å²) in [5.74, 6) is 0. The van der Waals surface area contributed by atoms with E-state index in [1.807, 2.05) is 71.6 Å². The summed E-state index contributed by atoms with van der Waals surface area (Å²) in [7, 11) is 0. The zero-order valence-corrected chi connectivity index (χ0v) is 17.9. The highest BCUT2D eigenvalue weighted by Gasteiger charge is 2.13. The predicted octanol–water partition coefficient (Wildman–Crippen LogP) is 7.41. The van der Waals surface area contributed by atoms with E-state index < -0.39 is 0 Å². The number of nitrogens with zero attached hydrogens (tertiary/aromatic N) is 3. The van der Waals surface area contributed by atoms with Gasteiger partial charge in [0.2, 0.25) is 0 Å². The van der Waals surface area contributed by atoms with Crippen LogP contribution in [0.2, 0.25) is 5.02 Å². The molecule has 0 atom stereocenters. The average molecular weight is 432 g/mol. The zero-order chi connectivity index (χ0) is 21.9. The molecule has 1 aromatic heterocycles. The quantitative estimate of drug-likeness (QED) is 0.278. The minimum absolute atomic E-state index is 0.552. The largest absolute Gasteiger partial charge is 0.240 e. The van der Waals surface area contributed by atoms with Gasteiger partial charge in [-0.1, -0.05) is 78.3 Å². The minimum atomic E-state index is 0.552. The Morgan fingerprint density at radius 3 is 2.31 bits per heavy atom. The highest BCUT2D eigenvalue weighted by molar-refractivity contribution is 6.30. The van der Waals surface area contributed by atoms with Gasteiger partial charge in [-0.15, -0.1) is 0 Å². The van der Waals surface area contributed by atoms with Crippen molar-refractivity contribution in [3.05, 3.63) is 119 Å². The van der Waals surface area contributed by atoms with E-state index in [1.54, 1.807) is 12.1 Å². The lowest BCUT2D eigenvalue weighted by atomic mass is 10.0. The van der Waals surface area contributed by atoms with Crippen LogP contribution < -0.4 is 0 Å². The lowest BCUT2D eigenvalue weighted by Crippen LogP contribution is -1.94. The monoisotopic (exact) mass is 431 g/mol. The topological polar surface area (TPSA) is 41.6 Å². The van der Waals surface area contributed by atoms with Crippen LogP contribution in [0.5, 0.6) is 0 Å². The molecule has 0 aliphatic carbocycles. The number of fused-ring (bicyclic) bond motifs is 1. The van der Waals surface area contributed by atoms with E-state index in [2.05, 4.69) is 36.4 Å². The van der Waals surface area contributed by atoms with E-state index in [9.17, 15) is 5.26 Å². The molecule has 0 spiro atoms. The summed E-state index contributed by atoms with van der Waals surface area (Å²) in [6, 6.07) is 34.1. The Morgan fingerprint density at radius 1 is 0.844 bits per heavy atom. The van der Waals surface area contributed by atoms with Gasteiger partial charge >= 0.3 is 0 Å². The van der Waals surface area contributed by atoms with E-state index in [0.717, 1.165) is 33.5 Å². The molecule has 0 bridgehead atoms. The number of para-hydroxylation sites is 1. The Bertz CT molecular complexity index is 1470. The van der Waals surface area contributed by atoms with Crippen molar-refractivity contribution >= 4 is 34.0 Å². The maximum atomic E-state index is 9.86. The van der Waals surface area contributed by atoms with Crippen molar-refractivity contribution in [1.82, 2.24) is 9.78 Å². The first-order chi connectivity index (χ1) is 15.7. The van der Waals surface area contributed by atoms with Crippen LogP contribution >= 0.6 is 11.6 Å². The second-order valence-corrected chi connectivity index (χ2v) is 7.89. The van der Waals surface area contributed by atoms with Crippen molar-refractivity contribution in [2.24, 2.45) is 0 Å². The van der Waals surface area contributed by atoms with Gasteiger partial charge in [0.1, 0.15) is 5.69 Å². The summed E-state index contributed by atoms with van der Waals surface area (Å²) in [5, 5.41) is 17.7. The molecule has 0 unspecified atom stereocenters. The molecule has 1 heterocycles.